The number of hydrogen-bond donors (Lipinski definition) is 0. The molecule has 2 aliphatic rings. The van der Waals surface area contributed by atoms with E-state index in [1.165, 1.54) is 6.42 Å². The number of allylic oxidation sites excluding steroid dienone is 4. The SMILES string of the molecule is C=C1/C=C\C2CC2CN(C)C(=C/C)/C(=C\C)O1. The van der Waals surface area contributed by atoms with E-state index in [-0.39, 0.29) is 0 Å². The maximum atomic E-state index is 5.79. The zero-order valence-corrected chi connectivity index (χ0v) is 10.9. The monoisotopic (exact) mass is 231 g/mol. The first kappa shape index (κ1) is 12.0. The Morgan fingerprint density at radius 2 is 2.18 bits per heavy atom. The second-order valence-corrected chi connectivity index (χ2v) is 4.79. The van der Waals surface area contributed by atoms with Crippen LogP contribution in [0.4, 0.5) is 0 Å². The fraction of sp³-hybridized carbons (Fsp3) is 0.467. The topological polar surface area (TPSA) is 12.5 Å². The lowest BCUT2D eigenvalue weighted by atomic mass is 10.2. The van der Waals surface area contributed by atoms with Crippen LogP contribution in [0.2, 0.25) is 0 Å². The molecule has 0 aromatic rings. The third-order valence-electron chi connectivity index (χ3n) is 3.46. The Labute approximate surface area is 104 Å². The van der Waals surface area contributed by atoms with E-state index in [0.29, 0.717) is 5.92 Å². The molecule has 2 nitrogen and oxygen atoms in total. The average Bonchev–Trinajstić information content (AvgIpc) is 3.04. The lowest BCUT2D eigenvalue weighted by Crippen LogP contribution is -2.23. The maximum Gasteiger partial charge on any atom is 0.146 e. The van der Waals surface area contributed by atoms with E-state index in [0.717, 1.165) is 29.7 Å². The summed E-state index contributed by atoms with van der Waals surface area (Å²) >= 11 is 0. The lowest BCUT2D eigenvalue weighted by molar-refractivity contribution is 0.285. The van der Waals surface area contributed by atoms with Crippen molar-refractivity contribution in [3.63, 3.8) is 0 Å². The zero-order chi connectivity index (χ0) is 12.4. The first-order valence-electron chi connectivity index (χ1n) is 6.24. The van der Waals surface area contributed by atoms with Crippen LogP contribution >= 0.6 is 0 Å². The van der Waals surface area contributed by atoms with Crippen molar-refractivity contribution in [2.24, 2.45) is 11.8 Å². The smallest absolute Gasteiger partial charge is 0.146 e. The molecule has 2 atom stereocenters. The Kier molecular flexibility index (Phi) is 3.41. The molecule has 17 heavy (non-hydrogen) atoms. The van der Waals surface area contributed by atoms with Gasteiger partial charge in [0.15, 0.2) is 0 Å². The summed E-state index contributed by atoms with van der Waals surface area (Å²) in [7, 11) is 2.13. The molecule has 0 saturated heterocycles. The number of ether oxygens (including phenoxy) is 1. The lowest BCUT2D eigenvalue weighted by Gasteiger charge is -2.25. The van der Waals surface area contributed by atoms with Crippen molar-refractivity contribution >= 4 is 0 Å². The summed E-state index contributed by atoms with van der Waals surface area (Å²) < 4.78 is 5.79. The number of nitrogens with zero attached hydrogens (tertiary/aromatic N) is 1. The van der Waals surface area contributed by atoms with Crippen LogP contribution in [0, 0.1) is 11.8 Å². The van der Waals surface area contributed by atoms with E-state index in [1.54, 1.807) is 0 Å². The second kappa shape index (κ2) is 4.82. The van der Waals surface area contributed by atoms with Crippen LogP contribution in [0.5, 0.6) is 0 Å². The number of hydrogen-bond acceptors (Lipinski definition) is 2. The van der Waals surface area contributed by atoms with Crippen LogP contribution in [-0.2, 0) is 4.74 Å². The van der Waals surface area contributed by atoms with Crippen molar-refractivity contribution in [1.29, 1.82) is 0 Å². The average molecular weight is 231 g/mol. The van der Waals surface area contributed by atoms with Gasteiger partial charge in [-0.2, -0.15) is 0 Å². The highest BCUT2D eigenvalue weighted by molar-refractivity contribution is 5.28. The molecule has 2 rings (SSSR count). The summed E-state index contributed by atoms with van der Waals surface area (Å²) in [6.07, 6.45) is 9.62. The number of fused-ring (bicyclic) bond motifs is 1. The Hall–Kier alpha value is -1.44. The highest BCUT2D eigenvalue weighted by Gasteiger charge is 2.36. The summed E-state index contributed by atoms with van der Waals surface area (Å²) in [5.41, 5.74) is 1.15. The standard InChI is InChI=1S/C15H21NO/c1-5-14-15(6-2)17-11(3)7-8-12-9-13(12)10-16(14)4/h5-8,12-13H,3,9-10H2,1-2,4H3/b8-7-,14-5+,15-6+. The van der Waals surface area contributed by atoms with Gasteiger partial charge >= 0.3 is 0 Å². The molecule has 92 valence electrons. The van der Waals surface area contributed by atoms with Crippen molar-refractivity contribution in [3.8, 4) is 0 Å². The van der Waals surface area contributed by atoms with E-state index in [1.807, 2.05) is 26.0 Å². The Balaban J connectivity index is 2.27. The fourth-order valence-electron chi connectivity index (χ4n) is 2.38. The third-order valence-corrected chi connectivity index (χ3v) is 3.46. The van der Waals surface area contributed by atoms with Crippen molar-refractivity contribution in [2.75, 3.05) is 13.6 Å². The van der Waals surface area contributed by atoms with Crippen molar-refractivity contribution < 1.29 is 4.74 Å². The van der Waals surface area contributed by atoms with Crippen LogP contribution in [0.3, 0.4) is 0 Å². The minimum atomic E-state index is 0.711. The molecule has 1 saturated carbocycles. The second-order valence-electron chi connectivity index (χ2n) is 4.79. The minimum absolute atomic E-state index is 0.711. The third kappa shape index (κ3) is 2.63. The van der Waals surface area contributed by atoms with Crippen LogP contribution < -0.4 is 0 Å². The summed E-state index contributed by atoms with van der Waals surface area (Å²) in [6.45, 7) is 9.08. The van der Waals surface area contributed by atoms with Crippen LogP contribution in [0.15, 0.2) is 48.1 Å². The quantitative estimate of drug-likeness (QED) is 0.633. The molecule has 0 bridgehead atoms. The Morgan fingerprint density at radius 1 is 1.41 bits per heavy atom. The minimum Gasteiger partial charge on any atom is -0.456 e. The molecule has 1 aliphatic carbocycles. The molecule has 1 fully saturated rings. The van der Waals surface area contributed by atoms with Gasteiger partial charge in [0, 0.05) is 13.6 Å². The molecular formula is C15H21NO. The van der Waals surface area contributed by atoms with Gasteiger partial charge in [-0.15, -0.1) is 0 Å². The molecule has 2 heteroatoms. The first-order chi connectivity index (χ1) is 8.15. The first-order valence-corrected chi connectivity index (χ1v) is 6.24. The predicted octanol–water partition coefficient (Wildman–Crippen LogP) is 3.46. The largest absolute Gasteiger partial charge is 0.456 e. The van der Waals surface area contributed by atoms with Crippen LogP contribution in [0.1, 0.15) is 20.3 Å². The molecule has 1 aliphatic heterocycles. The molecule has 0 aromatic heterocycles. The zero-order valence-electron chi connectivity index (χ0n) is 10.9. The van der Waals surface area contributed by atoms with Gasteiger partial charge < -0.3 is 9.64 Å². The van der Waals surface area contributed by atoms with E-state index >= 15 is 0 Å². The normalized spacial score (nSPS) is 35.5. The van der Waals surface area contributed by atoms with Gasteiger partial charge in [-0.1, -0.05) is 18.7 Å². The van der Waals surface area contributed by atoms with Crippen molar-refractivity contribution in [3.05, 3.63) is 48.1 Å². The molecule has 1 heterocycles. The van der Waals surface area contributed by atoms with Gasteiger partial charge in [0.25, 0.3) is 0 Å². The summed E-state index contributed by atoms with van der Waals surface area (Å²) in [4.78, 5) is 2.28. The number of likely N-dealkylation sites (N-methyl/N-ethyl adjacent to an activating group) is 1. The molecule has 0 spiro atoms. The van der Waals surface area contributed by atoms with Crippen molar-refractivity contribution in [1.82, 2.24) is 4.90 Å². The molecule has 2 unspecified atom stereocenters. The predicted molar refractivity (Wildman–Crippen MR) is 71.1 cm³/mol. The fourth-order valence-corrected chi connectivity index (χ4v) is 2.38. The van der Waals surface area contributed by atoms with Gasteiger partial charge in [-0.25, -0.2) is 0 Å². The molecular weight excluding hydrogens is 210 g/mol. The van der Waals surface area contributed by atoms with Gasteiger partial charge in [0.2, 0.25) is 0 Å². The van der Waals surface area contributed by atoms with Gasteiger partial charge in [-0.3, -0.25) is 0 Å². The summed E-state index contributed by atoms with van der Waals surface area (Å²) in [5.74, 6) is 3.11. The van der Waals surface area contributed by atoms with Gasteiger partial charge in [-0.05, 0) is 44.3 Å². The molecule has 0 N–H and O–H groups in total. The highest BCUT2D eigenvalue weighted by Crippen LogP contribution is 2.41. The van der Waals surface area contributed by atoms with Gasteiger partial charge in [0.05, 0.1) is 5.70 Å². The van der Waals surface area contributed by atoms with Gasteiger partial charge in [0.1, 0.15) is 11.5 Å². The maximum absolute atomic E-state index is 5.79. The Bertz CT molecular complexity index is 403. The highest BCUT2D eigenvalue weighted by atomic mass is 16.5. The van der Waals surface area contributed by atoms with Crippen LogP contribution in [-0.4, -0.2) is 18.5 Å². The van der Waals surface area contributed by atoms with Crippen molar-refractivity contribution in [2.45, 2.75) is 20.3 Å². The number of rotatable bonds is 0. The molecule has 0 radical (unpaired) electrons. The summed E-state index contributed by atoms with van der Waals surface area (Å²) in [5, 5.41) is 0. The molecule has 0 aromatic carbocycles. The van der Waals surface area contributed by atoms with E-state index in [2.05, 4.69) is 30.7 Å². The van der Waals surface area contributed by atoms with Crippen LogP contribution in [0.25, 0.3) is 0 Å². The Morgan fingerprint density at radius 3 is 2.82 bits per heavy atom. The summed E-state index contributed by atoms with van der Waals surface area (Å²) in [6, 6.07) is 0. The van der Waals surface area contributed by atoms with E-state index in [9.17, 15) is 0 Å². The van der Waals surface area contributed by atoms with E-state index < -0.39 is 0 Å². The molecule has 0 amide bonds. The van der Waals surface area contributed by atoms with E-state index in [4.69, 9.17) is 4.74 Å².